The van der Waals surface area contributed by atoms with E-state index in [0.717, 1.165) is 11.3 Å². The van der Waals surface area contributed by atoms with Crippen molar-refractivity contribution in [3.05, 3.63) is 63.0 Å². The first-order valence-electron chi connectivity index (χ1n) is 6.61. The standard InChI is InChI=1S/C15H16ClN3O2/c1-11-6-7-15(21)19(18-11)9-8-17-14(20)10-12-4-2-3-5-13(12)16/h2-7H,8-10H2,1H3,(H,17,20). The molecule has 0 saturated heterocycles. The molecule has 0 radical (unpaired) electrons. The number of hydrogen-bond acceptors (Lipinski definition) is 3. The molecule has 0 fully saturated rings. The lowest BCUT2D eigenvalue weighted by atomic mass is 10.1. The Morgan fingerprint density at radius 2 is 2.05 bits per heavy atom. The number of aryl methyl sites for hydroxylation is 1. The van der Waals surface area contributed by atoms with Gasteiger partial charge in [0.25, 0.3) is 5.56 Å². The van der Waals surface area contributed by atoms with Crippen LogP contribution in [-0.4, -0.2) is 22.2 Å². The van der Waals surface area contributed by atoms with E-state index in [1.807, 2.05) is 25.1 Å². The molecule has 0 aliphatic heterocycles. The van der Waals surface area contributed by atoms with Crippen LogP contribution in [0.5, 0.6) is 0 Å². The molecule has 21 heavy (non-hydrogen) atoms. The van der Waals surface area contributed by atoms with Gasteiger partial charge < -0.3 is 5.32 Å². The third-order valence-corrected chi connectivity index (χ3v) is 3.32. The van der Waals surface area contributed by atoms with Crippen molar-refractivity contribution in [2.75, 3.05) is 6.54 Å². The molecule has 1 N–H and O–H groups in total. The minimum absolute atomic E-state index is 0.135. The summed E-state index contributed by atoms with van der Waals surface area (Å²) in [5.41, 5.74) is 1.36. The largest absolute Gasteiger partial charge is 0.354 e. The monoisotopic (exact) mass is 305 g/mol. The van der Waals surface area contributed by atoms with Gasteiger partial charge in [0.15, 0.2) is 0 Å². The summed E-state index contributed by atoms with van der Waals surface area (Å²) in [7, 11) is 0. The van der Waals surface area contributed by atoms with Crippen LogP contribution in [0.15, 0.2) is 41.2 Å². The zero-order chi connectivity index (χ0) is 15.2. The third-order valence-electron chi connectivity index (χ3n) is 2.95. The predicted octanol–water partition coefficient (Wildman–Crippen LogP) is 1.56. The first-order chi connectivity index (χ1) is 10.1. The van der Waals surface area contributed by atoms with Gasteiger partial charge in [-0.25, -0.2) is 4.68 Å². The SMILES string of the molecule is Cc1ccc(=O)n(CCNC(=O)Cc2ccccc2Cl)n1. The predicted molar refractivity (Wildman–Crippen MR) is 81.4 cm³/mol. The molecule has 2 aromatic rings. The molecule has 0 spiro atoms. The molecule has 5 nitrogen and oxygen atoms in total. The normalized spacial score (nSPS) is 10.4. The van der Waals surface area contributed by atoms with Crippen LogP contribution in [0, 0.1) is 6.92 Å². The molecular weight excluding hydrogens is 290 g/mol. The lowest BCUT2D eigenvalue weighted by Crippen LogP contribution is -2.32. The van der Waals surface area contributed by atoms with Crippen molar-refractivity contribution in [1.82, 2.24) is 15.1 Å². The van der Waals surface area contributed by atoms with E-state index in [1.54, 1.807) is 12.1 Å². The molecule has 1 heterocycles. The van der Waals surface area contributed by atoms with Crippen molar-refractivity contribution in [3.8, 4) is 0 Å². The molecule has 0 bridgehead atoms. The van der Waals surface area contributed by atoms with Crippen LogP contribution < -0.4 is 10.9 Å². The smallest absolute Gasteiger partial charge is 0.266 e. The maximum absolute atomic E-state index is 11.8. The van der Waals surface area contributed by atoms with E-state index in [0.29, 0.717) is 18.1 Å². The van der Waals surface area contributed by atoms with Crippen LogP contribution in [-0.2, 0) is 17.8 Å². The highest BCUT2D eigenvalue weighted by atomic mass is 35.5. The molecule has 0 aliphatic rings. The van der Waals surface area contributed by atoms with Crippen LogP contribution in [0.2, 0.25) is 5.02 Å². The topological polar surface area (TPSA) is 64.0 Å². The van der Waals surface area contributed by atoms with Crippen LogP contribution in [0.1, 0.15) is 11.3 Å². The molecule has 0 aliphatic carbocycles. The summed E-state index contributed by atoms with van der Waals surface area (Å²) in [5, 5.41) is 7.43. The Bertz CT molecular complexity index is 697. The Labute approximate surface area is 127 Å². The average Bonchev–Trinajstić information content (AvgIpc) is 2.45. The fourth-order valence-corrected chi connectivity index (χ4v) is 2.09. The van der Waals surface area contributed by atoms with Gasteiger partial charge in [-0.15, -0.1) is 0 Å². The van der Waals surface area contributed by atoms with Gasteiger partial charge in [-0.3, -0.25) is 9.59 Å². The van der Waals surface area contributed by atoms with Gasteiger partial charge in [0, 0.05) is 17.6 Å². The highest BCUT2D eigenvalue weighted by Gasteiger charge is 2.06. The Kier molecular flexibility index (Phi) is 5.11. The van der Waals surface area contributed by atoms with Gasteiger partial charge in [0.2, 0.25) is 5.91 Å². The summed E-state index contributed by atoms with van der Waals surface area (Å²) in [6.45, 7) is 2.50. The quantitative estimate of drug-likeness (QED) is 0.912. The van der Waals surface area contributed by atoms with Crippen molar-refractivity contribution >= 4 is 17.5 Å². The summed E-state index contributed by atoms with van der Waals surface area (Å²) in [4.78, 5) is 23.4. The lowest BCUT2D eigenvalue weighted by Gasteiger charge is -2.08. The average molecular weight is 306 g/mol. The molecular formula is C15H16ClN3O2. The number of amides is 1. The lowest BCUT2D eigenvalue weighted by molar-refractivity contribution is -0.120. The van der Waals surface area contributed by atoms with E-state index in [4.69, 9.17) is 11.6 Å². The van der Waals surface area contributed by atoms with Crippen LogP contribution in [0.25, 0.3) is 0 Å². The number of benzene rings is 1. The molecule has 110 valence electrons. The molecule has 0 unspecified atom stereocenters. The second-order valence-corrected chi connectivity index (χ2v) is 5.06. The highest BCUT2D eigenvalue weighted by Crippen LogP contribution is 2.15. The molecule has 1 aromatic heterocycles. The summed E-state index contributed by atoms with van der Waals surface area (Å²) >= 11 is 6.00. The van der Waals surface area contributed by atoms with Gasteiger partial charge in [-0.2, -0.15) is 5.10 Å². The number of halogens is 1. The Hall–Kier alpha value is -2.14. The second kappa shape index (κ2) is 7.04. The molecule has 0 atom stereocenters. The van der Waals surface area contributed by atoms with Gasteiger partial charge in [-0.1, -0.05) is 29.8 Å². The minimum atomic E-state index is -0.180. The minimum Gasteiger partial charge on any atom is -0.354 e. The van der Waals surface area contributed by atoms with Crippen molar-refractivity contribution < 1.29 is 4.79 Å². The second-order valence-electron chi connectivity index (χ2n) is 4.65. The first-order valence-corrected chi connectivity index (χ1v) is 6.99. The van der Waals surface area contributed by atoms with Crippen molar-refractivity contribution in [1.29, 1.82) is 0 Å². The maximum Gasteiger partial charge on any atom is 0.266 e. The first kappa shape index (κ1) is 15.3. The number of carbonyl (C=O) groups excluding carboxylic acids is 1. The van der Waals surface area contributed by atoms with Crippen molar-refractivity contribution in [2.24, 2.45) is 0 Å². The van der Waals surface area contributed by atoms with E-state index in [1.165, 1.54) is 10.7 Å². The highest BCUT2D eigenvalue weighted by molar-refractivity contribution is 6.31. The number of nitrogens with one attached hydrogen (secondary N) is 1. The number of hydrogen-bond donors (Lipinski definition) is 1. The van der Waals surface area contributed by atoms with Crippen molar-refractivity contribution in [3.63, 3.8) is 0 Å². The summed E-state index contributed by atoms with van der Waals surface area (Å²) < 4.78 is 1.34. The molecule has 6 heteroatoms. The summed E-state index contributed by atoms with van der Waals surface area (Å²) in [6, 6.07) is 10.3. The Balaban J connectivity index is 1.86. The fraction of sp³-hybridized carbons (Fsp3) is 0.267. The zero-order valence-corrected chi connectivity index (χ0v) is 12.4. The zero-order valence-electron chi connectivity index (χ0n) is 11.7. The van der Waals surface area contributed by atoms with Gasteiger partial charge in [0.05, 0.1) is 18.7 Å². The Morgan fingerprint density at radius 3 is 2.81 bits per heavy atom. The van der Waals surface area contributed by atoms with Crippen molar-refractivity contribution in [2.45, 2.75) is 19.9 Å². The van der Waals surface area contributed by atoms with Gasteiger partial charge >= 0.3 is 0 Å². The third kappa shape index (κ3) is 4.43. The number of nitrogens with zero attached hydrogens (tertiary/aromatic N) is 2. The van der Waals surface area contributed by atoms with Gasteiger partial charge in [0.1, 0.15) is 0 Å². The van der Waals surface area contributed by atoms with E-state index in [-0.39, 0.29) is 17.9 Å². The van der Waals surface area contributed by atoms with Crippen LogP contribution >= 0.6 is 11.6 Å². The van der Waals surface area contributed by atoms with E-state index < -0.39 is 0 Å². The summed E-state index contributed by atoms with van der Waals surface area (Å²) in [5.74, 6) is -0.135. The molecule has 0 saturated carbocycles. The maximum atomic E-state index is 11.8. The van der Waals surface area contributed by atoms with Crippen LogP contribution in [0.4, 0.5) is 0 Å². The molecule has 1 amide bonds. The molecule has 2 rings (SSSR count). The fourth-order valence-electron chi connectivity index (χ4n) is 1.89. The van der Waals surface area contributed by atoms with E-state index >= 15 is 0 Å². The Morgan fingerprint density at radius 1 is 1.29 bits per heavy atom. The van der Waals surface area contributed by atoms with E-state index in [9.17, 15) is 9.59 Å². The number of rotatable bonds is 5. The van der Waals surface area contributed by atoms with Gasteiger partial charge in [-0.05, 0) is 24.6 Å². The van der Waals surface area contributed by atoms with E-state index in [2.05, 4.69) is 10.4 Å². The van der Waals surface area contributed by atoms with Crippen LogP contribution in [0.3, 0.4) is 0 Å². The number of aromatic nitrogens is 2. The summed E-state index contributed by atoms with van der Waals surface area (Å²) in [6.07, 6.45) is 0.218. The molecule has 1 aromatic carbocycles. The number of carbonyl (C=O) groups is 1.